The number of nitrogens with zero attached hydrogens (tertiary/aromatic N) is 3. The molecule has 0 bridgehead atoms. The number of aromatic nitrogens is 2. The summed E-state index contributed by atoms with van der Waals surface area (Å²) in [5.74, 6) is 0. The average molecular weight is 302 g/mol. The normalized spacial score (nSPS) is 13.1. The van der Waals surface area contributed by atoms with Crippen molar-refractivity contribution in [3.8, 4) is 0 Å². The smallest absolute Gasteiger partial charge is 0.246 e. The summed E-state index contributed by atoms with van der Waals surface area (Å²) in [7, 11) is -1.87. The van der Waals surface area contributed by atoms with Crippen LogP contribution >= 0.6 is 0 Å². The van der Waals surface area contributed by atoms with Gasteiger partial charge in [-0.2, -0.15) is 9.40 Å². The lowest BCUT2D eigenvalue weighted by Crippen LogP contribution is -2.44. The Labute approximate surface area is 122 Å². The molecule has 0 amide bonds. The Bertz CT molecular complexity index is 522. The van der Waals surface area contributed by atoms with Gasteiger partial charge in [0.2, 0.25) is 10.0 Å². The second-order valence-electron chi connectivity index (χ2n) is 5.43. The van der Waals surface area contributed by atoms with Crippen molar-refractivity contribution in [2.45, 2.75) is 51.1 Å². The van der Waals surface area contributed by atoms with E-state index in [1.807, 2.05) is 27.7 Å². The van der Waals surface area contributed by atoms with Crippen LogP contribution in [0.5, 0.6) is 0 Å². The minimum Gasteiger partial charge on any atom is -0.315 e. The summed E-state index contributed by atoms with van der Waals surface area (Å²) in [6.07, 6.45) is 3.76. The van der Waals surface area contributed by atoms with E-state index in [0.717, 1.165) is 19.5 Å². The molecular formula is C13H26N4O2S. The van der Waals surface area contributed by atoms with Gasteiger partial charge in [-0.1, -0.05) is 13.8 Å². The van der Waals surface area contributed by atoms with Gasteiger partial charge in [-0.25, -0.2) is 8.42 Å². The van der Waals surface area contributed by atoms with Gasteiger partial charge >= 0.3 is 0 Å². The molecule has 1 aromatic rings. The van der Waals surface area contributed by atoms with Crippen LogP contribution < -0.4 is 5.32 Å². The van der Waals surface area contributed by atoms with Gasteiger partial charge in [0.25, 0.3) is 0 Å². The monoisotopic (exact) mass is 302 g/mol. The third-order valence-electron chi connectivity index (χ3n) is 3.75. The van der Waals surface area contributed by atoms with Crippen LogP contribution in [0.1, 0.15) is 34.1 Å². The highest BCUT2D eigenvalue weighted by Gasteiger charge is 2.33. The Morgan fingerprint density at radius 2 is 2.05 bits per heavy atom. The van der Waals surface area contributed by atoms with Crippen molar-refractivity contribution in [2.75, 3.05) is 20.1 Å². The molecule has 1 heterocycles. The molecule has 20 heavy (non-hydrogen) atoms. The summed E-state index contributed by atoms with van der Waals surface area (Å²) in [6, 6.07) is 0. The van der Waals surface area contributed by atoms with Gasteiger partial charge in [0.1, 0.15) is 4.90 Å². The molecule has 0 aliphatic carbocycles. The molecule has 0 unspecified atom stereocenters. The molecule has 0 radical (unpaired) electrons. The van der Waals surface area contributed by atoms with Gasteiger partial charge in [-0.3, -0.25) is 4.68 Å². The van der Waals surface area contributed by atoms with Crippen LogP contribution in [-0.4, -0.2) is 48.2 Å². The van der Waals surface area contributed by atoms with E-state index in [9.17, 15) is 8.42 Å². The van der Waals surface area contributed by atoms with Crippen molar-refractivity contribution in [3.05, 3.63) is 12.4 Å². The van der Waals surface area contributed by atoms with E-state index in [-0.39, 0.29) is 4.90 Å². The van der Waals surface area contributed by atoms with Crippen LogP contribution in [0, 0.1) is 0 Å². The zero-order valence-corrected chi connectivity index (χ0v) is 13.9. The molecule has 0 aliphatic heterocycles. The molecule has 1 aromatic heterocycles. The number of rotatable bonds is 8. The Hall–Kier alpha value is -0.920. The number of hydrogen-bond acceptors (Lipinski definition) is 4. The molecular weight excluding hydrogens is 276 g/mol. The Morgan fingerprint density at radius 3 is 2.60 bits per heavy atom. The third-order valence-corrected chi connectivity index (χ3v) is 5.78. The maximum absolute atomic E-state index is 12.5. The minimum absolute atomic E-state index is 0.248. The largest absolute Gasteiger partial charge is 0.315 e. The van der Waals surface area contributed by atoms with E-state index in [1.165, 1.54) is 10.5 Å². The topological polar surface area (TPSA) is 67.2 Å². The molecule has 0 aromatic carbocycles. The number of sulfonamides is 1. The van der Waals surface area contributed by atoms with Crippen molar-refractivity contribution in [3.63, 3.8) is 0 Å². The molecule has 0 fully saturated rings. The number of hydrogen-bond donors (Lipinski definition) is 1. The van der Waals surface area contributed by atoms with Crippen molar-refractivity contribution >= 4 is 10.0 Å². The van der Waals surface area contributed by atoms with E-state index >= 15 is 0 Å². The van der Waals surface area contributed by atoms with Gasteiger partial charge in [0.05, 0.1) is 12.7 Å². The first-order valence-electron chi connectivity index (χ1n) is 6.98. The molecule has 6 nitrogen and oxygen atoms in total. The van der Waals surface area contributed by atoms with Crippen LogP contribution in [0.4, 0.5) is 0 Å². The molecule has 7 heteroatoms. The molecule has 1 rings (SSSR count). The molecule has 0 aliphatic rings. The molecule has 0 spiro atoms. The maximum atomic E-state index is 12.5. The lowest BCUT2D eigenvalue weighted by atomic mass is 10.0. The predicted octanol–water partition coefficient (Wildman–Crippen LogP) is 1.30. The lowest BCUT2D eigenvalue weighted by molar-refractivity contribution is 0.257. The first-order valence-corrected chi connectivity index (χ1v) is 8.42. The summed E-state index contributed by atoms with van der Waals surface area (Å²) >= 11 is 0. The van der Waals surface area contributed by atoms with E-state index in [2.05, 4.69) is 10.4 Å². The summed E-state index contributed by atoms with van der Waals surface area (Å²) in [5, 5.41) is 7.30. The quantitative estimate of drug-likeness (QED) is 0.735. The van der Waals surface area contributed by atoms with Crippen molar-refractivity contribution in [1.82, 2.24) is 19.4 Å². The van der Waals surface area contributed by atoms with Crippen molar-refractivity contribution < 1.29 is 8.42 Å². The fourth-order valence-electron chi connectivity index (χ4n) is 1.68. The lowest BCUT2D eigenvalue weighted by Gasteiger charge is -2.33. The summed E-state index contributed by atoms with van der Waals surface area (Å²) in [6.45, 7) is 10.2. The fraction of sp³-hybridized carbons (Fsp3) is 0.769. The van der Waals surface area contributed by atoms with Crippen LogP contribution in [0.25, 0.3) is 0 Å². The molecule has 0 atom stereocenters. The minimum atomic E-state index is -3.49. The van der Waals surface area contributed by atoms with E-state index < -0.39 is 15.6 Å². The molecule has 1 N–H and O–H groups in total. The summed E-state index contributed by atoms with van der Waals surface area (Å²) in [4.78, 5) is 0.248. The molecule has 116 valence electrons. The third kappa shape index (κ3) is 3.80. The average Bonchev–Trinajstić information content (AvgIpc) is 2.87. The highest BCUT2D eigenvalue weighted by molar-refractivity contribution is 7.89. The van der Waals surface area contributed by atoms with Gasteiger partial charge < -0.3 is 5.32 Å². The first-order chi connectivity index (χ1) is 9.25. The molecule has 0 saturated heterocycles. The standard InChI is InChI=1S/C13H26N4O2S/c1-6-13(3,4)16(5)20(18,19)12-10-15-17(11-12)9-8-14-7-2/h10-11,14H,6-9H2,1-5H3. The van der Waals surface area contributed by atoms with Crippen molar-refractivity contribution in [1.29, 1.82) is 0 Å². The predicted molar refractivity (Wildman–Crippen MR) is 80.1 cm³/mol. The van der Waals surface area contributed by atoms with Gasteiger partial charge in [0, 0.05) is 25.3 Å². The van der Waals surface area contributed by atoms with Gasteiger partial charge in [0.15, 0.2) is 0 Å². The maximum Gasteiger partial charge on any atom is 0.246 e. The Morgan fingerprint density at radius 1 is 1.40 bits per heavy atom. The zero-order chi connectivity index (χ0) is 15.4. The Kier molecular flexibility index (Phi) is 5.73. The summed E-state index contributed by atoms with van der Waals surface area (Å²) < 4.78 is 28.2. The molecule has 0 saturated carbocycles. The Balaban J connectivity index is 2.88. The number of nitrogens with one attached hydrogen (secondary N) is 1. The highest BCUT2D eigenvalue weighted by atomic mass is 32.2. The van der Waals surface area contributed by atoms with E-state index in [1.54, 1.807) is 17.9 Å². The van der Waals surface area contributed by atoms with Crippen molar-refractivity contribution in [2.24, 2.45) is 0 Å². The first kappa shape index (κ1) is 17.1. The van der Waals surface area contributed by atoms with Crippen LogP contribution in [0.15, 0.2) is 17.3 Å². The zero-order valence-electron chi connectivity index (χ0n) is 13.0. The van der Waals surface area contributed by atoms with E-state index in [0.29, 0.717) is 6.54 Å². The second kappa shape index (κ2) is 6.69. The van der Waals surface area contributed by atoms with Gasteiger partial charge in [-0.05, 0) is 26.8 Å². The highest BCUT2D eigenvalue weighted by Crippen LogP contribution is 2.24. The second-order valence-corrected chi connectivity index (χ2v) is 7.40. The van der Waals surface area contributed by atoms with Gasteiger partial charge in [-0.15, -0.1) is 0 Å². The summed E-state index contributed by atoms with van der Waals surface area (Å²) in [5.41, 5.74) is -0.412. The van der Waals surface area contributed by atoms with E-state index in [4.69, 9.17) is 0 Å². The SMILES string of the molecule is CCNCCn1cc(S(=O)(=O)N(C)C(C)(C)CC)cn1. The fourth-order valence-corrected chi connectivity index (χ4v) is 3.21. The number of likely N-dealkylation sites (N-methyl/N-ethyl adjacent to an activating group) is 1. The van der Waals surface area contributed by atoms with Crippen LogP contribution in [0.3, 0.4) is 0 Å². The van der Waals surface area contributed by atoms with Crippen LogP contribution in [0.2, 0.25) is 0 Å². The van der Waals surface area contributed by atoms with Crippen LogP contribution in [-0.2, 0) is 16.6 Å².